The van der Waals surface area contributed by atoms with Gasteiger partial charge in [-0.1, -0.05) is 13.3 Å². The van der Waals surface area contributed by atoms with Gasteiger partial charge in [-0.2, -0.15) is 16.4 Å². The minimum absolute atomic E-state index is 1.09. The topological polar surface area (TPSA) is 17.8 Å². The van der Waals surface area contributed by atoms with Gasteiger partial charge in [-0.3, -0.25) is 0 Å². The Morgan fingerprint density at radius 3 is 3.08 bits per heavy atom. The Labute approximate surface area is 81.8 Å². The Hall–Kier alpha value is -1.09. The van der Waals surface area contributed by atoms with Gasteiger partial charge < -0.3 is 0 Å². The molecule has 0 aliphatic heterocycles. The van der Waals surface area contributed by atoms with Crippen molar-refractivity contribution in [2.24, 2.45) is 0 Å². The molecule has 2 heterocycles. The van der Waals surface area contributed by atoms with Crippen molar-refractivity contribution in [2.75, 3.05) is 0 Å². The Morgan fingerprint density at radius 1 is 1.46 bits per heavy atom. The zero-order valence-electron chi connectivity index (χ0n) is 7.60. The smallest absolute Gasteiger partial charge is 0.0755 e. The third-order valence-electron chi connectivity index (χ3n) is 1.98. The van der Waals surface area contributed by atoms with Crippen molar-refractivity contribution in [3.63, 3.8) is 0 Å². The number of nitrogens with zero attached hydrogens (tertiary/aromatic N) is 2. The van der Waals surface area contributed by atoms with Crippen molar-refractivity contribution in [2.45, 2.75) is 19.8 Å². The van der Waals surface area contributed by atoms with Gasteiger partial charge in [0.15, 0.2) is 0 Å². The van der Waals surface area contributed by atoms with Crippen LogP contribution in [0.2, 0.25) is 0 Å². The molecule has 2 aromatic heterocycles. The Morgan fingerprint density at radius 2 is 2.38 bits per heavy atom. The maximum absolute atomic E-state index is 4.30. The molecule has 68 valence electrons. The molecule has 0 aromatic carbocycles. The highest BCUT2D eigenvalue weighted by Crippen LogP contribution is 2.14. The molecule has 0 saturated carbocycles. The zero-order chi connectivity index (χ0) is 9.10. The molecule has 0 amide bonds. The summed E-state index contributed by atoms with van der Waals surface area (Å²) in [5, 5.41) is 8.49. The highest BCUT2D eigenvalue weighted by Gasteiger charge is 2.03. The average molecular weight is 192 g/mol. The molecule has 2 aromatic rings. The highest BCUT2D eigenvalue weighted by molar-refractivity contribution is 7.08. The van der Waals surface area contributed by atoms with E-state index in [0.29, 0.717) is 0 Å². The molecule has 0 bridgehead atoms. The van der Waals surface area contributed by atoms with Gasteiger partial charge >= 0.3 is 0 Å². The summed E-state index contributed by atoms with van der Waals surface area (Å²) >= 11 is 1.70. The minimum Gasteiger partial charge on any atom is -0.237 e. The van der Waals surface area contributed by atoms with Crippen LogP contribution in [0.3, 0.4) is 0 Å². The second kappa shape index (κ2) is 3.75. The van der Waals surface area contributed by atoms with Crippen LogP contribution >= 0.6 is 11.3 Å². The summed E-state index contributed by atoms with van der Waals surface area (Å²) < 4.78 is 2.01. The van der Waals surface area contributed by atoms with Gasteiger partial charge in [0.1, 0.15) is 0 Å². The van der Waals surface area contributed by atoms with E-state index in [2.05, 4.69) is 34.9 Å². The second-order valence-corrected chi connectivity index (χ2v) is 3.75. The summed E-state index contributed by atoms with van der Waals surface area (Å²) in [4.78, 5) is 0. The molecule has 0 aliphatic carbocycles. The maximum Gasteiger partial charge on any atom is 0.0755 e. The van der Waals surface area contributed by atoms with Crippen molar-refractivity contribution in [3.8, 4) is 5.69 Å². The van der Waals surface area contributed by atoms with E-state index in [1.165, 1.54) is 11.4 Å². The summed E-state index contributed by atoms with van der Waals surface area (Å²) in [6.45, 7) is 2.19. The molecule has 13 heavy (non-hydrogen) atoms. The Balaban J connectivity index is 2.35. The quantitative estimate of drug-likeness (QED) is 0.731. The molecule has 0 spiro atoms. The van der Waals surface area contributed by atoms with E-state index >= 15 is 0 Å². The molecular formula is C10H12N2S. The van der Waals surface area contributed by atoms with E-state index in [9.17, 15) is 0 Å². The highest BCUT2D eigenvalue weighted by atomic mass is 32.1. The lowest BCUT2D eigenvalue weighted by Gasteiger charge is -2.02. The predicted molar refractivity (Wildman–Crippen MR) is 55.4 cm³/mol. The molecule has 0 fully saturated rings. The van der Waals surface area contributed by atoms with Crippen LogP contribution in [-0.4, -0.2) is 9.78 Å². The average Bonchev–Trinajstić information content (AvgIpc) is 2.71. The van der Waals surface area contributed by atoms with Crippen LogP contribution in [0, 0.1) is 0 Å². The molecule has 0 saturated heterocycles. The van der Waals surface area contributed by atoms with Crippen LogP contribution < -0.4 is 0 Å². The predicted octanol–water partition coefficient (Wildman–Crippen LogP) is 2.89. The first-order valence-corrected chi connectivity index (χ1v) is 5.41. The number of aromatic nitrogens is 2. The fourth-order valence-electron chi connectivity index (χ4n) is 1.39. The monoisotopic (exact) mass is 192 g/mol. The number of hydrogen-bond donors (Lipinski definition) is 0. The summed E-state index contributed by atoms with van der Waals surface area (Å²) in [5.41, 5.74) is 2.47. The fraction of sp³-hybridized carbons (Fsp3) is 0.300. The molecule has 2 nitrogen and oxygen atoms in total. The second-order valence-electron chi connectivity index (χ2n) is 2.97. The van der Waals surface area contributed by atoms with Gasteiger partial charge in [0.05, 0.1) is 5.69 Å². The summed E-state index contributed by atoms with van der Waals surface area (Å²) in [6.07, 6.45) is 4.12. The normalized spacial score (nSPS) is 10.5. The van der Waals surface area contributed by atoms with E-state index in [1.807, 2.05) is 10.9 Å². The van der Waals surface area contributed by atoms with Crippen LogP contribution in [0.4, 0.5) is 0 Å². The van der Waals surface area contributed by atoms with Crippen molar-refractivity contribution < 1.29 is 0 Å². The molecule has 0 aliphatic rings. The lowest BCUT2D eigenvalue weighted by Crippen LogP contribution is -1.99. The lowest BCUT2D eigenvalue weighted by atomic mass is 10.2. The number of hydrogen-bond acceptors (Lipinski definition) is 2. The summed E-state index contributed by atoms with van der Waals surface area (Å²) in [5.74, 6) is 0. The lowest BCUT2D eigenvalue weighted by molar-refractivity contribution is 0.777. The molecule has 0 N–H and O–H groups in total. The molecular weight excluding hydrogens is 180 g/mol. The van der Waals surface area contributed by atoms with Crippen LogP contribution in [0.25, 0.3) is 5.69 Å². The van der Waals surface area contributed by atoms with Gasteiger partial charge in [0.2, 0.25) is 0 Å². The van der Waals surface area contributed by atoms with E-state index in [-0.39, 0.29) is 0 Å². The molecule has 0 atom stereocenters. The van der Waals surface area contributed by atoms with Crippen molar-refractivity contribution in [1.29, 1.82) is 0 Å². The summed E-state index contributed by atoms with van der Waals surface area (Å²) in [7, 11) is 0. The number of aryl methyl sites for hydroxylation is 1. The SMILES string of the molecule is CCCc1ccnn1-c1ccsc1. The van der Waals surface area contributed by atoms with Crippen molar-refractivity contribution in [1.82, 2.24) is 9.78 Å². The van der Waals surface area contributed by atoms with Crippen LogP contribution in [0.1, 0.15) is 19.0 Å². The van der Waals surface area contributed by atoms with Gasteiger partial charge in [0, 0.05) is 17.3 Å². The van der Waals surface area contributed by atoms with E-state index in [0.717, 1.165) is 12.8 Å². The first kappa shape index (κ1) is 8.51. The van der Waals surface area contributed by atoms with Gasteiger partial charge in [-0.15, -0.1) is 0 Å². The first-order valence-electron chi connectivity index (χ1n) is 4.47. The zero-order valence-corrected chi connectivity index (χ0v) is 8.42. The van der Waals surface area contributed by atoms with Gasteiger partial charge in [-0.25, -0.2) is 4.68 Å². The van der Waals surface area contributed by atoms with Crippen LogP contribution in [0.15, 0.2) is 29.1 Å². The van der Waals surface area contributed by atoms with Gasteiger partial charge in [0.25, 0.3) is 0 Å². The van der Waals surface area contributed by atoms with E-state index < -0.39 is 0 Å². The molecule has 0 unspecified atom stereocenters. The van der Waals surface area contributed by atoms with Crippen molar-refractivity contribution >= 4 is 11.3 Å². The first-order chi connectivity index (χ1) is 6.42. The van der Waals surface area contributed by atoms with Gasteiger partial charge in [-0.05, 0) is 23.9 Å². The van der Waals surface area contributed by atoms with E-state index in [4.69, 9.17) is 0 Å². The number of thiophene rings is 1. The maximum atomic E-state index is 4.30. The van der Waals surface area contributed by atoms with Crippen LogP contribution in [-0.2, 0) is 6.42 Å². The third kappa shape index (κ3) is 1.65. The number of rotatable bonds is 3. The molecule has 2 rings (SSSR count). The minimum atomic E-state index is 1.09. The molecule has 0 radical (unpaired) electrons. The largest absolute Gasteiger partial charge is 0.237 e. The summed E-state index contributed by atoms with van der Waals surface area (Å²) in [6, 6.07) is 4.18. The Kier molecular flexibility index (Phi) is 2.45. The standard InChI is InChI=1S/C10H12N2S/c1-2-3-9-4-6-11-12(9)10-5-7-13-8-10/h4-8H,2-3H2,1H3. The van der Waals surface area contributed by atoms with E-state index in [1.54, 1.807) is 11.3 Å². The third-order valence-corrected chi connectivity index (χ3v) is 2.65. The van der Waals surface area contributed by atoms with Crippen molar-refractivity contribution in [3.05, 3.63) is 34.8 Å². The molecule has 3 heteroatoms. The fourth-order valence-corrected chi connectivity index (χ4v) is 2.00. The Bertz CT molecular complexity index is 362. The van der Waals surface area contributed by atoms with Crippen LogP contribution in [0.5, 0.6) is 0 Å².